The van der Waals surface area contributed by atoms with Crippen LogP contribution in [0.5, 0.6) is 0 Å². The van der Waals surface area contributed by atoms with Crippen molar-refractivity contribution in [1.82, 2.24) is 24.8 Å². The van der Waals surface area contributed by atoms with E-state index in [2.05, 4.69) is 39.4 Å². The van der Waals surface area contributed by atoms with E-state index in [1.807, 2.05) is 20.8 Å². The summed E-state index contributed by atoms with van der Waals surface area (Å²) in [5.41, 5.74) is 0.0920. The third-order valence-electron chi connectivity index (χ3n) is 6.07. The molecule has 8 nitrogen and oxygen atoms in total. The topological polar surface area (TPSA) is 88.0 Å². The lowest BCUT2D eigenvalue weighted by Crippen LogP contribution is -2.48. The van der Waals surface area contributed by atoms with Crippen molar-refractivity contribution < 1.29 is 18.0 Å². The maximum absolute atomic E-state index is 12.8. The molecule has 0 bridgehead atoms. The van der Waals surface area contributed by atoms with E-state index in [-0.39, 0.29) is 24.0 Å². The number of carbonyl (C=O) groups excluding carboxylic acids is 1. The van der Waals surface area contributed by atoms with Crippen LogP contribution in [0.1, 0.15) is 51.9 Å². The number of alkyl halides is 3. The van der Waals surface area contributed by atoms with Gasteiger partial charge in [0.25, 0.3) is 0 Å². The second-order valence-corrected chi connectivity index (χ2v) is 9.57. The first-order valence-corrected chi connectivity index (χ1v) is 11.3. The van der Waals surface area contributed by atoms with Crippen LogP contribution < -0.4 is 15.5 Å². The Morgan fingerprint density at radius 3 is 2.40 bits per heavy atom. The van der Waals surface area contributed by atoms with Crippen molar-refractivity contribution in [3.05, 3.63) is 60.3 Å². The van der Waals surface area contributed by atoms with E-state index in [0.717, 1.165) is 12.1 Å². The number of aromatic nitrogens is 4. The van der Waals surface area contributed by atoms with Crippen LogP contribution in [0.15, 0.2) is 49.1 Å². The summed E-state index contributed by atoms with van der Waals surface area (Å²) in [6.07, 6.45) is 0.479. The van der Waals surface area contributed by atoms with E-state index in [0.29, 0.717) is 23.1 Å². The second kappa shape index (κ2) is 8.86. The van der Waals surface area contributed by atoms with Crippen LogP contribution in [-0.2, 0) is 6.18 Å². The van der Waals surface area contributed by atoms with Gasteiger partial charge in [-0.05, 0) is 57.0 Å². The van der Waals surface area contributed by atoms with Gasteiger partial charge >= 0.3 is 12.2 Å². The van der Waals surface area contributed by atoms with Gasteiger partial charge in [-0.1, -0.05) is 13.8 Å². The number of anilines is 2. The zero-order chi connectivity index (χ0) is 25.5. The van der Waals surface area contributed by atoms with Crippen molar-refractivity contribution in [3.8, 4) is 5.69 Å². The lowest BCUT2D eigenvalue weighted by Gasteiger charge is -2.33. The number of amides is 2. The molecule has 3 aromatic rings. The molecule has 3 heterocycles. The Balaban J connectivity index is 1.51. The smallest absolute Gasteiger partial charge is 0.346 e. The van der Waals surface area contributed by atoms with Crippen LogP contribution >= 0.6 is 0 Å². The molecule has 186 valence electrons. The number of nitrogens with zero attached hydrogens (tertiary/aromatic N) is 5. The Morgan fingerprint density at radius 1 is 1.09 bits per heavy atom. The van der Waals surface area contributed by atoms with Gasteiger partial charge in [0.15, 0.2) is 0 Å². The molecule has 11 heteroatoms. The van der Waals surface area contributed by atoms with E-state index in [1.54, 1.807) is 27.9 Å². The van der Waals surface area contributed by atoms with Crippen molar-refractivity contribution in [2.45, 2.75) is 58.4 Å². The lowest BCUT2D eigenvalue weighted by molar-refractivity contribution is -0.137. The van der Waals surface area contributed by atoms with Crippen molar-refractivity contribution in [2.24, 2.45) is 5.92 Å². The van der Waals surface area contributed by atoms with Gasteiger partial charge in [0, 0.05) is 18.1 Å². The van der Waals surface area contributed by atoms with E-state index in [1.165, 1.54) is 18.5 Å². The molecule has 0 spiro atoms. The summed E-state index contributed by atoms with van der Waals surface area (Å²) in [5, 5.41) is 6.21. The Hall–Kier alpha value is -3.63. The Kier molecular flexibility index (Phi) is 6.20. The van der Waals surface area contributed by atoms with Crippen LogP contribution in [0, 0.1) is 5.92 Å². The standard InChI is InChI=1S/C24H28F3N7O/c1-14(2)20-23(4,5)32-22(35)34(20)19-10-11-28-21(31-19)30-15(3)18-12-33(13-29-18)17-8-6-16(7-9-17)24(25,26)27/h6-15,20H,1-5H3,(H,32,35)(H,28,30,31)/t15-,20?/m0/s1. The van der Waals surface area contributed by atoms with Crippen LogP contribution in [-0.4, -0.2) is 37.1 Å². The average Bonchev–Trinajstić information content (AvgIpc) is 3.35. The van der Waals surface area contributed by atoms with Gasteiger partial charge < -0.3 is 15.2 Å². The number of nitrogens with one attached hydrogen (secondary N) is 2. The molecular formula is C24H28F3N7O. The summed E-state index contributed by atoms with van der Waals surface area (Å²) < 4.78 is 40.1. The highest BCUT2D eigenvalue weighted by Gasteiger charge is 2.47. The fourth-order valence-electron chi connectivity index (χ4n) is 4.58. The van der Waals surface area contributed by atoms with Gasteiger partial charge in [-0.25, -0.2) is 14.8 Å². The zero-order valence-corrected chi connectivity index (χ0v) is 20.1. The van der Waals surface area contributed by atoms with Gasteiger partial charge in [-0.15, -0.1) is 0 Å². The monoisotopic (exact) mass is 487 g/mol. The largest absolute Gasteiger partial charge is 0.416 e. The van der Waals surface area contributed by atoms with Crippen molar-refractivity contribution >= 4 is 17.8 Å². The maximum atomic E-state index is 12.8. The number of halogens is 3. The summed E-state index contributed by atoms with van der Waals surface area (Å²) >= 11 is 0. The predicted octanol–water partition coefficient (Wildman–Crippen LogP) is 5.19. The molecule has 1 fully saturated rings. The number of carbonyl (C=O) groups is 1. The number of benzene rings is 1. The minimum absolute atomic E-state index is 0.0883. The molecule has 2 aromatic heterocycles. The number of imidazole rings is 1. The predicted molar refractivity (Wildman–Crippen MR) is 126 cm³/mol. The molecule has 2 atom stereocenters. The Labute approximate surface area is 201 Å². The molecule has 4 rings (SSSR count). The fraction of sp³-hybridized carbons (Fsp3) is 0.417. The summed E-state index contributed by atoms with van der Waals surface area (Å²) in [4.78, 5) is 27.6. The number of hydrogen-bond acceptors (Lipinski definition) is 5. The third-order valence-corrected chi connectivity index (χ3v) is 6.07. The molecule has 2 N–H and O–H groups in total. The molecule has 35 heavy (non-hydrogen) atoms. The first-order chi connectivity index (χ1) is 16.4. The van der Waals surface area contributed by atoms with Crippen molar-refractivity contribution in [3.63, 3.8) is 0 Å². The summed E-state index contributed by atoms with van der Waals surface area (Å²) in [5.74, 6) is 1.02. The van der Waals surface area contributed by atoms with Gasteiger partial charge in [0.05, 0.1) is 35.2 Å². The second-order valence-electron chi connectivity index (χ2n) is 9.57. The normalized spacial score (nSPS) is 18.6. The summed E-state index contributed by atoms with van der Waals surface area (Å²) in [6.45, 7) is 9.98. The minimum atomic E-state index is -4.38. The van der Waals surface area contributed by atoms with Crippen molar-refractivity contribution in [2.75, 3.05) is 10.2 Å². The van der Waals surface area contributed by atoms with Crippen LogP contribution in [0.4, 0.5) is 29.7 Å². The highest BCUT2D eigenvalue weighted by molar-refractivity contribution is 5.95. The van der Waals surface area contributed by atoms with E-state index < -0.39 is 17.3 Å². The molecule has 1 saturated heterocycles. The highest BCUT2D eigenvalue weighted by Crippen LogP contribution is 2.33. The summed E-state index contributed by atoms with van der Waals surface area (Å²) in [6, 6.07) is 5.97. The summed E-state index contributed by atoms with van der Waals surface area (Å²) in [7, 11) is 0. The molecule has 0 aliphatic carbocycles. The third kappa shape index (κ3) is 4.94. The van der Waals surface area contributed by atoms with Gasteiger partial charge in [0.2, 0.25) is 5.95 Å². The first kappa shape index (κ1) is 24.5. The Morgan fingerprint density at radius 2 is 1.77 bits per heavy atom. The van der Waals surface area contributed by atoms with Crippen molar-refractivity contribution in [1.29, 1.82) is 0 Å². The molecule has 1 aliphatic rings. The molecule has 1 aliphatic heterocycles. The molecule has 2 amide bonds. The maximum Gasteiger partial charge on any atom is 0.416 e. The number of urea groups is 1. The number of rotatable bonds is 6. The molecular weight excluding hydrogens is 459 g/mol. The molecule has 1 unspecified atom stereocenters. The van der Waals surface area contributed by atoms with E-state index in [9.17, 15) is 18.0 Å². The molecule has 0 saturated carbocycles. The van der Waals surface area contributed by atoms with Gasteiger partial charge in [0.1, 0.15) is 5.82 Å². The van der Waals surface area contributed by atoms with Gasteiger partial charge in [-0.3, -0.25) is 4.90 Å². The van der Waals surface area contributed by atoms with Crippen LogP contribution in [0.3, 0.4) is 0 Å². The Bertz CT molecular complexity index is 1200. The van der Waals surface area contributed by atoms with Crippen LogP contribution in [0.2, 0.25) is 0 Å². The molecule has 1 aromatic carbocycles. The zero-order valence-electron chi connectivity index (χ0n) is 20.1. The van der Waals surface area contributed by atoms with Gasteiger partial charge in [-0.2, -0.15) is 18.2 Å². The van der Waals surface area contributed by atoms with E-state index >= 15 is 0 Å². The lowest BCUT2D eigenvalue weighted by atomic mass is 9.87. The molecule has 0 radical (unpaired) electrons. The average molecular weight is 488 g/mol. The van der Waals surface area contributed by atoms with Crippen LogP contribution in [0.25, 0.3) is 5.69 Å². The SMILES string of the molecule is CC(C)C1N(c2ccnc(N[C@@H](C)c3cn(-c4ccc(C(F)(F)F)cc4)cn3)n2)C(=O)NC1(C)C. The minimum Gasteiger partial charge on any atom is -0.346 e. The quantitative estimate of drug-likeness (QED) is 0.500. The highest BCUT2D eigenvalue weighted by atomic mass is 19.4. The number of hydrogen-bond donors (Lipinski definition) is 2. The first-order valence-electron chi connectivity index (χ1n) is 11.3. The fourth-order valence-corrected chi connectivity index (χ4v) is 4.58. The van der Waals surface area contributed by atoms with E-state index in [4.69, 9.17) is 0 Å².